The van der Waals surface area contributed by atoms with E-state index in [4.69, 9.17) is 5.73 Å². The Morgan fingerprint density at radius 1 is 1.33 bits per heavy atom. The fraction of sp³-hybridized carbons (Fsp3) is 0.385. The van der Waals surface area contributed by atoms with Crippen molar-refractivity contribution < 1.29 is 9.59 Å². The number of primary amides is 1. The van der Waals surface area contributed by atoms with Crippen LogP contribution in [0.5, 0.6) is 0 Å². The Morgan fingerprint density at radius 2 is 1.94 bits per heavy atom. The second-order valence-corrected chi connectivity index (χ2v) is 5.38. The Morgan fingerprint density at radius 3 is 2.44 bits per heavy atom. The van der Waals surface area contributed by atoms with E-state index in [0.29, 0.717) is 16.6 Å². The van der Waals surface area contributed by atoms with Crippen LogP contribution in [0.4, 0.5) is 0 Å². The molecule has 0 aliphatic carbocycles. The van der Waals surface area contributed by atoms with E-state index >= 15 is 0 Å². The fourth-order valence-electron chi connectivity index (χ4n) is 1.65. The maximum absolute atomic E-state index is 12.3. The molecule has 18 heavy (non-hydrogen) atoms. The average Bonchev–Trinajstić information content (AvgIpc) is 2.26. The highest BCUT2D eigenvalue weighted by molar-refractivity contribution is 9.10. The molecular formula is C13H17BrN2O2. The molecule has 2 amide bonds. The first-order chi connectivity index (χ1) is 8.41. The maximum Gasteiger partial charge on any atom is 0.255 e. The van der Waals surface area contributed by atoms with E-state index in [1.165, 1.54) is 4.90 Å². The Hall–Kier alpha value is -1.36. The monoisotopic (exact) mass is 312 g/mol. The Labute approximate surface area is 115 Å². The lowest BCUT2D eigenvalue weighted by Crippen LogP contribution is -2.40. The number of carbonyl (C=O) groups excluding carboxylic acids is 2. The van der Waals surface area contributed by atoms with Crippen molar-refractivity contribution in [3.05, 3.63) is 34.3 Å². The summed E-state index contributed by atoms with van der Waals surface area (Å²) in [5.41, 5.74) is 5.72. The Kier molecular flexibility index (Phi) is 5.34. The highest BCUT2D eigenvalue weighted by Crippen LogP contribution is 2.18. The summed E-state index contributed by atoms with van der Waals surface area (Å²) < 4.78 is 0.716. The first-order valence-electron chi connectivity index (χ1n) is 5.74. The third-order valence-corrected chi connectivity index (χ3v) is 3.02. The summed E-state index contributed by atoms with van der Waals surface area (Å²) in [6.07, 6.45) is 0. The second-order valence-electron chi connectivity index (χ2n) is 4.53. The molecule has 98 valence electrons. The quantitative estimate of drug-likeness (QED) is 0.904. The molecule has 1 aromatic rings. The van der Waals surface area contributed by atoms with Gasteiger partial charge in [0.1, 0.15) is 0 Å². The molecule has 5 heteroatoms. The molecule has 0 aliphatic heterocycles. The Bertz CT molecular complexity index is 446. The van der Waals surface area contributed by atoms with Gasteiger partial charge in [-0.15, -0.1) is 0 Å². The van der Waals surface area contributed by atoms with Gasteiger partial charge in [-0.25, -0.2) is 0 Å². The molecule has 0 atom stereocenters. The van der Waals surface area contributed by atoms with E-state index in [9.17, 15) is 9.59 Å². The molecule has 4 nitrogen and oxygen atoms in total. The van der Waals surface area contributed by atoms with Crippen LogP contribution in [0.25, 0.3) is 0 Å². The number of benzene rings is 1. The SMILES string of the molecule is CC(C)CN(CC(N)=O)C(=O)c1ccccc1Br. The first-order valence-corrected chi connectivity index (χ1v) is 6.53. The van der Waals surface area contributed by atoms with Crippen LogP contribution in [0.1, 0.15) is 24.2 Å². The third kappa shape index (κ3) is 4.14. The van der Waals surface area contributed by atoms with E-state index in [2.05, 4.69) is 15.9 Å². The van der Waals surface area contributed by atoms with Crippen LogP contribution in [0.15, 0.2) is 28.7 Å². The number of hydrogen-bond acceptors (Lipinski definition) is 2. The van der Waals surface area contributed by atoms with Crippen LogP contribution in [0, 0.1) is 5.92 Å². The summed E-state index contributed by atoms with van der Waals surface area (Å²) in [7, 11) is 0. The third-order valence-electron chi connectivity index (χ3n) is 2.32. The minimum atomic E-state index is -0.504. The summed E-state index contributed by atoms with van der Waals surface area (Å²) in [6, 6.07) is 7.14. The van der Waals surface area contributed by atoms with Crippen molar-refractivity contribution in [1.29, 1.82) is 0 Å². The number of hydrogen-bond donors (Lipinski definition) is 1. The first kappa shape index (κ1) is 14.7. The van der Waals surface area contributed by atoms with Gasteiger partial charge >= 0.3 is 0 Å². The molecule has 2 N–H and O–H groups in total. The maximum atomic E-state index is 12.3. The van der Waals surface area contributed by atoms with Crippen molar-refractivity contribution in [2.24, 2.45) is 11.7 Å². The summed E-state index contributed by atoms with van der Waals surface area (Å²) in [5, 5.41) is 0. The van der Waals surface area contributed by atoms with Gasteiger partial charge in [0.2, 0.25) is 5.91 Å². The number of carbonyl (C=O) groups is 2. The fourth-order valence-corrected chi connectivity index (χ4v) is 2.11. The Balaban J connectivity index is 2.95. The largest absolute Gasteiger partial charge is 0.368 e. The molecule has 0 unspecified atom stereocenters. The molecular weight excluding hydrogens is 296 g/mol. The van der Waals surface area contributed by atoms with Gasteiger partial charge < -0.3 is 10.6 Å². The molecule has 1 aromatic carbocycles. The van der Waals surface area contributed by atoms with E-state index in [-0.39, 0.29) is 18.4 Å². The van der Waals surface area contributed by atoms with Gasteiger partial charge in [0.15, 0.2) is 0 Å². The molecule has 0 aromatic heterocycles. The number of rotatable bonds is 5. The van der Waals surface area contributed by atoms with Gasteiger partial charge in [-0.1, -0.05) is 26.0 Å². The number of amides is 2. The lowest BCUT2D eigenvalue weighted by Gasteiger charge is -2.23. The van der Waals surface area contributed by atoms with E-state index in [1.54, 1.807) is 18.2 Å². The molecule has 0 fully saturated rings. The van der Waals surface area contributed by atoms with Crippen molar-refractivity contribution in [2.45, 2.75) is 13.8 Å². The zero-order valence-corrected chi connectivity index (χ0v) is 12.1. The lowest BCUT2D eigenvalue weighted by molar-refractivity contribution is -0.118. The van der Waals surface area contributed by atoms with Gasteiger partial charge in [0.05, 0.1) is 12.1 Å². The van der Waals surface area contributed by atoms with Gasteiger partial charge in [-0.3, -0.25) is 9.59 Å². The zero-order chi connectivity index (χ0) is 13.7. The number of halogens is 1. The molecule has 1 rings (SSSR count). The standard InChI is InChI=1S/C13H17BrN2O2/c1-9(2)7-16(8-12(15)17)13(18)10-5-3-4-6-11(10)14/h3-6,9H,7-8H2,1-2H3,(H2,15,17). The molecule has 0 aliphatic rings. The highest BCUT2D eigenvalue weighted by atomic mass is 79.9. The molecule has 0 heterocycles. The predicted molar refractivity (Wildman–Crippen MR) is 74.1 cm³/mol. The molecule has 0 saturated carbocycles. The summed E-state index contributed by atoms with van der Waals surface area (Å²) in [6.45, 7) is 4.42. The topological polar surface area (TPSA) is 63.4 Å². The van der Waals surface area contributed by atoms with Gasteiger partial charge in [-0.05, 0) is 34.0 Å². The van der Waals surface area contributed by atoms with Crippen LogP contribution < -0.4 is 5.73 Å². The van der Waals surface area contributed by atoms with Crippen LogP contribution in [0.3, 0.4) is 0 Å². The molecule has 0 saturated heterocycles. The molecule has 0 bridgehead atoms. The minimum absolute atomic E-state index is 0.0572. The second kappa shape index (κ2) is 6.54. The highest BCUT2D eigenvalue weighted by Gasteiger charge is 2.20. The summed E-state index contributed by atoms with van der Waals surface area (Å²) in [5.74, 6) is -0.415. The summed E-state index contributed by atoms with van der Waals surface area (Å²) in [4.78, 5) is 24.8. The van der Waals surface area contributed by atoms with Crippen molar-refractivity contribution in [3.63, 3.8) is 0 Å². The zero-order valence-electron chi connectivity index (χ0n) is 10.5. The van der Waals surface area contributed by atoms with Gasteiger partial charge in [0.25, 0.3) is 5.91 Å². The predicted octanol–water partition coefficient (Wildman–Crippen LogP) is 2.03. The van der Waals surface area contributed by atoms with Crippen LogP contribution in [-0.2, 0) is 4.79 Å². The molecule has 0 radical (unpaired) electrons. The van der Waals surface area contributed by atoms with Crippen LogP contribution >= 0.6 is 15.9 Å². The van der Waals surface area contributed by atoms with Gasteiger partial charge in [0, 0.05) is 11.0 Å². The lowest BCUT2D eigenvalue weighted by atomic mass is 10.1. The van der Waals surface area contributed by atoms with Crippen molar-refractivity contribution in [3.8, 4) is 0 Å². The van der Waals surface area contributed by atoms with Crippen LogP contribution in [-0.4, -0.2) is 29.8 Å². The minimum Gasteiger partial charge on any atom is -0.368 e. The number of nitrogens with two attached hydrogens (primary N) is 1. The van der Waals surface area contributed by atoms with Crippen LogP contribution in [0.2, 0.25) is 0 Å². The normalized spacial score (nSPS) is 10.4. The van der Waals surface area contributed by atoms with E-state index < -0.39 is 5.91 Å². The van der Waals surface area contributed by atoms with Crippen molar-refractivity contribution >= 4 is 27.7 Å². The summed E-state index contributed by atoms with van der Waals surface area (Å²) >= 11 is 3.33. The average molecular weight is 313 g/mol. The molecule has 0 spiro atoms. The van der Waals surface area contributed by atoms with Crippen molar-refractivity contribution in [1.82, 2.24) is 4.90 Å². The number of nitrogens with zero attached hydrogens (tertiary/aromatic N) is 1. The van der Waals surface area contributed by atoms with E-state index in [1.807, 2.05) is 19.9 Å². The van der Waals surface area contributed by atoms with Crippen molar-refractivity contribution in [2.75, 3.05) is 13.1 Å². The van der Waals surface area contributed by atoms with Gasteiger partial charge in [-0.2, -0.15) is 0 Å². The van der Waals surface area contributed by atoms with E-state index in [0.717, 1.165) is 0 Å². The smallest absolute Gasteiger partial charge is 0.255 e.